The van der Waals surface area contributed by atoms with Crippen LogP contribution in [0.2, 0.25) is 0 Å². The average Bonchev–Trinajstić information content (AvgIpc) is 2.21. The molecule has 0 N–H and O–H groups in total. The Kier molecular flexibility index (Phi) is 3.93. The summed E-state index contributed by atoms with van der Waals surface area (Å²) >= 11 is 0. The summed E-state index contributed by atoms with van der Waals surface area (Å²) in [6, 6.07) is 0. The number of rotatable bonds is 5. The Balaban J connectivity index is 2.99. The van der Waals surface area contributed by atoms with Gasteiger partial charge in [-0.2, -0.15) is 0 Å². The molecule has 1 aromatic rings. The van der Waals surface area contributed by atoms with Crippen molar-refractivity contribution in [1.82, 2.24) is 4.98 Å². The number of pyridine rings is 1. The minimum absolute atomic E-state index is 0.0797. The first-order valence-electron chi connectivity index (χ1n) is 4.72. The average molecular weight is 224 g/mol. The van der Waals surface area contributed by atoms with Crippen LogP contribution in [0.4, 0.5) is 5.69 Å². The van der Waals surface area contributed by atoms with Gasteiger partial charge < -0.3 is 4.74 Å². The molecular formula is C10H12N2O4. The SMILES string of the molecule is Cc1cnc(CCOC=O)c(C)c1[N+](=O)[O-]. The van der Waals surface area contributed by atoms with E-state index in [4.69, 9.17) is 0 Å². The molecule has 0 atom stereocenters. The van der Waals surface area contributed by atoms with E-state index < -0.39 is 4.92 Å². The van der Waals surface area contributed by atoms with Crippen molar-refractivity contribution in [1.29, 1.82) is 0 Å². The minimum Gasteiger partial charge on any atom is -0.467 e. The summed E-state index contributed by atoms with van der Waals surface area (Å²) in [7, 11) is 0. The van der Waals surface area contributed by atoms with Crippen LogP contribution >= 0.6 is 0 Å². The zero-order valence-electron chi connectivity index (χ0n) is 9.10. The van der Waals surface area contributed by atoms with Gasteiger partial charge in [0.15, 0.2) is 0 Å². The van der Waals surface area contributed by atoms with Crippen molar-refractivity contribution in [2.45, 2.75) is 20.3 Å². The number of hydrogen-bond donors (Lipinski definition) is 0. The molecule has 0 aromatic carbocycles. The van der Waals surface area contributed by atoms with Crippen LogP contribution in [0.15, 0.2) is 6.20 Å². The fraction of sp³-hybridized carbons (Fsp3) is 0.400. The molecule has 0 saturated heterocycles. The van der Waals surface area contributed by atoms with Crippen LogP contribution in [0.3, 0.4) is 0 Å². The van der Waals surface area contributed by atoms with Crippen molar-refractivity contribution in [3.8, 4) is 0 Å². The quantitative estimate of drug-likeness (QED) is 0.326. The van der Waals surface area contributed by atoms with Crippen LogP contribution in [0.1, 0.15) is 16.8 Å². The fourth-order valence-electron chi connectivity index (χ4n) is 1.50. The Morgan fingerprint density at radius 2 is 2.25 bits per heavy atom. The Morgan fingerprint density at radius 3 is 2.81 bits per heavy atom. The van der Waals surface area contributed by atoms with Gasteiger partial charge in [0.2, 0.25) is 0 Å². The third kappa shape index (κ3) is 2.53. The highest BCUT2D eigenvalue weighted by atomic mass is 16.6. The number of hydrogen-bond acceptors (Lipinski definition) is 5. The summed E-state index contributed by atoms with van der Waals surface area (Å²) in [5.41, 5.74) is 1.72. The summed E-state index contributed by atoms with van der Waals surface area (Å²) < 4.78 is 4.53. The van der Waals surface area contributed by atoms with Gasteiger partial charge in [0, 0.05) is 23.7 Å². The molecule has 0 amide bonds. The highest BCUT2D eigenvalue weighted by Crippen LogP contribution is 2.24. The van der Waals surface area contributed by atoms with E-state index >= 15 is 0 Å². The van der Waals surface area contributed by atoms with Gasteiger partial charge >= 0.3 is 0 Å². The predicted octanol–water partition coefficient (Wildman–Crippen LogP) is 1.32. The lowest BCUT2D eigenvalue weighted by molar-refractivity contribution is -0.386. The lowest BCUT2D eigenvalue weighted by atomic mass is 10.1. The lowest BCUT2D eigenvalue weighted by Crippen LogP contribution is -2.05. The van der Waals surface area contributed by atoms with Crippen LogP contribution in [-0.4, -0.2) is 23.0 Å². The Morgan fingerprint density at radius 1 is 1.56 bits per heavy atom. The minimum atomic E-state index is -0.420. The highest BCUT2D eigenvalue weighted by molar-refractivity contribution is 5.47. The number of ether oxygens (including phenoxy) is 1. The van der Waals surface area contributed by atoms with Gasteiger partial charge in [-0.3, -0.25) is 19.9 Å². The second-order valence-corrected chi connectivity index (χ2v) is 3.34. The topological polar surface area (TPSA) is 82.3 Å². The van der Waals surface area contributed by atoms with E-state index in [0.29, 0.717) is 29.7 Å². The van der Waals surface area contributed by atoms with Crippen molar-refractivity contribution >= 4 is 12.2 Å². The molecule has 0 spiro atoms. The summed E-state index contributed by atoms with van der Waals surface area (Å²) in [6.07, 6.45) is 1.84. The number of aryl methyl sites for hydroxylation is 1. The third-order valence-electron chi connectivity index (χ3n) is 2.28. The fourth-order valence-corrected chi connectivity index (χ4v) is 1.50. The molecule has 0 radical (unpaired) electrons. The molecule has 1 rings (SSSR count). The van der Waals surface area contributed by atoms with E-state index in [1.165, 1.54) is 6.20 Å². The zero-order chi connectivity index (χ0) is 12.1. The molecule has 6 heteroatoms. The van der Waals surface area contributed by atoms with Crippen molar-refractivity contribution in [2.24, 2.45) is 0 Å². The first-order chi connectivity index (χ1) is 7.57. The van der Waals surface area contributed by atoms with E-state index in [9.17, 15) is 14.9 Å². The van der Waals surface area contributed by atoms with Gasteiger partial charge in [0.1, 0.15) is 0 Å². The van der Waals surface area contributed by atoms with E-state index in [-0.39, 0.29) is 12.3 Å². The van der Waals surface area contributed by atoms with Crippen molar-refractivity contribution < 1.29 is 14.5 Å². The number of nitro groups is 1. The van der Waals surface area contributed by atoms with Gasteiger partial charge in [-0.1, -0.05) is 0 Å². The molecule has 0 aliphatic carbocycles. The molecule has 1 aromatic heterocycles. The lowest BCUT2D eigenvalue weighted by Gasteiger charge is -2.06. The number of aromatic nitrogens is 1. The van der Waals surface area contributed by atoms with E-state index in [1.807, 2.05) is 0 Å². The van der Waals surface area contributed by atoms with Crippen molar-refractivity contribution in [3.05, 3.63) is 33.1 Å². The van der Waals surface area contributed by atoms with E-state index in [0.717, 1.165) is 0 Å². The zero-order valence-corrected chi connectivity index (χ0v) is 9.10. The van der Waals surface area contributed by atoms with Gasteiger partial charge in [0.25, 0.3) is 12.2 Å². The summed E-state index contributed by atoms with van der Waals surface area (Å²) in [6.45, 7) is 3.81. The molecule has 0 saturated carbocycles. The standard InChI is InChI=1S/C10H12N2O4/c1-7-5-11-9(3-4-16-6-13)8(2)10(7)12(14)15/h5-6H,3-4H2,1-2H3. The number of carbonyl (C=O) groups is 1. The Bertz CT molecular complexity index is 418. The Hall–Kier alpha value is -1.98. The largest absolute Gasteiger partial charge is 0.467 e. The van der Waals surface area contributed by atoms with E-state index in [1.54, 1.807) is 13.8 Å². The summed E-state index contributed by atoms with van der Waals surface area (Å²) in [5.74, 6) is 0. The number of carbonyl (C=O) groups excluding carboxylic acids is 1. The maximum absolute atomic E-state index is 10.8. The smallest absolute Gasteiger partial charge is 0.293 e. The maximum atomic E-state index is 10.8. The van der Waals surface area contributed by atoms with Gasteiger partial charge in [-0.15, -0.1) is 0 Å². The van der Waals surface area contributed by atoms with E-state index in [2.05, 4.69) is 9.72 Å². The van der Waals surface area contributed by atoms with Gasteiger partial charge in [-0.05, 0) is 13.8 Å². The molecule has 0 aliphatic rings. The van der Waals surface area contributed by atoms with Crippen LogP contribution in [0.25, 0.3) is 0 Å². The first-order valence-corrected chi connectivity index (χ1v) is 4.72. The molecule has 86 valence electrons. The van der Waals surface area contributed by atoms with Crippen LogP contribution in [-0.2, 0) is 16.0 Å². The van der Waals surface area contributed by atoms with Crippen LogP contribution in [0.5, 0.6) is 0 Å². The normalized spacial score (nSPS) is 9.88. The molecule has 16 heavy (non-hydrogen) atoms. The molecule has 0 aliphatic heterocycles. The molecule has 0 fully saturated rings. The maximum Gasteiger partial charge on any atom is 0.293 e. The van der Waals surface area contributed by atoms with Gasteiger partial charge in [0.05, 0.1) is 17.2 Å². The van der Waals surface area contributed by atoms with Gasteiger partial charge in [-0.25, -0.2) is 0 Å². The molecule has 1 heterocycles. The molecule has 6 nitrogen and oxygen atoms in total. The molecule has 0 bridgehead atoms. The summed E-state index contributed by atoms with van der Waals surface area (Å²) in [4.78, 5) is 24.4. The highest BCUT2D eigenvalue weighted by Gasteiger charge is 2.18. The third-order valence-corrected chi connectivity index (χ3v) is 2.28. The first kappa shape index (κ1) is 12.1. The van der Waals surface area contributed by atoms with Crippen molar-refractivity contribution in [3.63, 3.8) is 0 Å². The molecule has 0 unspecified atom stereocenters. The summed E-state index contributed by atoms with van der Waals surface area (Å²) in [5, 5.41) is 10.8. The van der Waals surface area contributed by atoms with Crippen LogP contribution < -0.4 is 0 Å². The molecular weight excluding hydrogens is 212 g/mol. The Labute approximate surface area is 92.4 Å². The number of nitrogens with zero attached hydrogens (tertiary/aromatic N) is 2. The van der Waals surface area contributed by atoms with Crippen LogP contribution in [0, 0.1) is 24.0 Å². The second-order valence-electron chi connectivity index (χ2n) is 3.34. The second kappa shape index (κ2) is 5.20. The monoisotopic (exact) mass is 224 g/mol. The predicted molar refractivity (Wildman–Crippen MR) is 56.1 cm³/mol. The van der Waals surface area contributed by atoms with Crippen molar-refractivity contribution in [2.75, 3.05) is 6.61 Å².